The lowest BCUT2D eigenvalue weighted by atomic mass is 9.87. The van der Waals surface area contributed by atoms with Gasteiger partial charge in [-0.05, 0) is 39.3 Å². The highest BCUT2D eigenvalue weighted by Gasteiger charge is 2.31. The maximum atomic E-state index is 13.0. The zero-order valence-electron chi connectivity index (χ0n) is 18.8. The van der Waals surface area contributed by atoms with Gasteiger partial charge in [0.05, 0.1) is 5.92 Å². The Morgan fingerprint density at radius 2 is 1.66 bits per heavy atom. The van der Waals surface area contributed by atoms with Crippen molar-refractivity contribution in [2.75, 3.05) is 19.6 Å². The van der Waals surface area contributed by atoms with Gasteiger partial charge in [-0.15, -0.1) is 0 Å². The molecule has 0 bridgehead atoms. The molecule has 1 fully saturated rings. The smallest absolute Gasteiger partial charge is 0.407 e. The summed E-state index contributed by atoms with van der Waals surface area (Å²) >= 11 is 0. The zero-order chi connectivity index (χ0) is 22.7. The van der Waals surface area contributed by atoms with Crippen molar-refractivity contribution in [1.29, 1.82) is 0 Å². The number of amides is 2. The van der Waals surface area contributed by atoms with Gasteiger partial charge < -0.3 is 25.4 Å². The lowest BCUT2D eigenvalue weighted by molar-refractivity contribution is -0.125. The van der Waals surface area contributed by atoms with Gasteiger partial charge >= 0.3 is 6.09 Å². The van der Waals surface area contributed by atoms with E-state index in [9.17, 15) is 9.59 Å². The van der Waals surface area contributed by atoms with Crippen LogP contribution >= 0.6 is 0 Å². The molecular weight excluding hydrogens is 406 g/mol. The SMILES string of the molecule is CC(C)(C)OC(=O)N[C@H]1CNC[C@@H](C(=O)NCC2c3ccccc3Oc3ccccc32)C1. The molecule has 2 heterocycles. The Balaban J connectivity index is 1.38. The molecule has 0 aromatic heterocycles. The Morgan fingerprint density at radius 3 is 2.28 bits per heavy atom. The molecular formula is C25H31N3O4. The minimum Gasteiger partial charge on any atom is -0.457 e. The molecule has 2 aliphatic rings. The van der Waals surface area contributed by atoms with Crippen molar-refractivity contribution in [2.45, 2.75) is 44.8 Å². The molecule has 7 heteroatoms. The highest BCUT2D eigenvalue weighted by Crippen LogP contribution is 2.43. The van der Waals surface area contributed by atoms with Gasteiger partial charge in [0, 0.05) is 42.7 Å². The molecule has 4 rings (SSSR count). The molecule has 2 aromatic carbocycles. The summed E-state index contributed by atoms with van der Waals surface area (Å²) in [4.78, 5) is 25.1. The number of hydrogen-bond donors (Lipinski definition) is 3. The van der Waals surface area contributed by atoms with Gasteiger partial charge in [0.1, 0.15) is 17.1 Å². The number of piperidine rings is 1. The molecule has 0 radical (unpaired) electrons. The van der Waals surface area contributed by atoms with Crippen molar-refractivity contribution < 1.29 is 19.1 Å². The normalized spacial score (nSPS) is 20.3. The lowest BCUT2D eigenvalue weighted by Crippen LogP contribution is -2.53. The molecule has 0 aliphatic carbocycles. The predicted molar refractivity (Wildman–Crippen MR) is 122 cm³/mol. The first kappa shape index (κ1) is 22.1. The van der Waals surface area contributed by atoms with Crippen molar-refractivity contribution in [3.63, 3.8) is 0 Å². The first-order valence-corrected chi connectivity index (χ1v) is 11.1. The Morgan fingerprint density at radius 1 is 1.03 bits per heavy atom. The zero-order valence-corrected chi connectivity index (χ0v) is 18.8. The summed E-state index contributed by atoms with van der Waals surface area (Å²) in [6, 6.07) is 15.7. The van der Waals surface area contributed by atoms with Crippen LogP contribution in [0.3, 0.4) is 0 Å². The summed E-state index contributed by atoms with van der Waals surface area (Å²) in [5, 5.41) is 9.26. The summed E-state index contributed by atoms with van der Waals surface area (Å²) in [5.74, 6) is 1.42. The number of benzene rings is 2. The molecule has 7 nitrogen and oxygen atoms in total. The minimum atomic E-state index is -0.556. The quantitative estimate of drug-likeness (QED) is 0.681. The molecule has 2 aliphatic heterocycles. The van der Waals surface area contributed by atoms with Crippen molar-refractivity contribution >= 4 is 12.0 Å². The molecule has 170 valence electrons. The molecule has 1 saturated heterocycles. The Bertz CT molecular complexity index is 940. The Hall–Kier alpha value is -3.06. The van der Waals surface area contributed by atoms with Crippen molar-refractivity contribution in [2.24, 2.45) is 5.92 Å². The van der Waals surface area contributed by atoms with Gasteiger partial charge in [0.2, 0.25) is 5.91 Å². The fourth-order valence-corrected chi connectivity index (χ4v) is 4.30. The average Bonchev–Trinajstić information content (AvgIpc) is 2.75. The second-order valence-electron chi connectivity index (χ2n) is 9.41. The first-order chi connectivity index (χ1) is 15.3. The van der Waals surface area contributed by atoms with Gasteiger partial charge in [0.25, 0.3) is 0 Å². The van der Waals surface area contributed by atoms with E-state index in [2.05, 4.69) is 16.0 Å². The van der Waals surface area contributed by atoms with E-state index >= 15 is 0 Å². The van der Waals surface area contributed by atoms with E-state index in [4.69, 9.17) is 9.47 Å². The monoisotopic (exact) mass is 437 g/mol. The van der Waals surface area contributed by atoms with Gasteiger partial charge in [-0.3, -0.25) is 4.79 Å². The highest BCUT2D eigenvalue weighted by atomic mass is 16.6. The van der Waals surface area contributed by atoms with Crippen molar-refractivity contribution in [3.8, 4) is 11.5 Å². The molecule has 0 spiro atoms. The van der Waals surface area contributed by atoms with E-state index in [0.717, 1.165) is 22.6 Å². The Labute approximate surface area is 188 Å². The van der Waals surface area contributed by atoms with Crippen molar-refractivity contribution in [1.82, 2.24) is 16.0 Å². The third kappa shape index (κ3) is 5.22. The maximum absolute atomic E-state index is 13.0. The Kier molecular flexibility index (Phi) is 6.37. The average molecular weight is 438 g/mol. The van der Waals surface area contributed by atoms with E-state index in [1.165, 1.54) is 0 Å². The number of nitrogens with one attached hydrogen (secondary N) is 3. The molecule has 0 saturated carbocycles. The van der Waals surface area contributed by atoms with Crippen LogP contribution in [0.1, 0.15) is 44.2 Å². The van der Waals surface area contributed by atoms with Crippen LogP contribution in [0.2, 0.25) is 0 Å². The van der Waals surface area contributed by atoms with Crippen LogP contribution < -0.4 is 20.7 Å². The van der Waals surface area contributed by atoms with E-state index in [0.29, 0.717) is 26.1 Å². The van der Waals surface area contributed by atoms with Gasteiger partial charge in [0.15, 0.2) is 0 Å². The number of fused-ring (bicyclic) bond motifs is 2. The van der Waals surface area contributed by atoms with Crippen molar-refractivity contribution in [3.05, 3.63) is 59.7 Å². The molecule has 2 atom stereocenters. The van der Waals surface area contributed by atoms with Crippen LogP contribution in [0.4, 0.5) is 4.79 Å². The van der Waals surface area contributed by atoms with E-state index in [-0.39, 0.29) is 23.8 Å². The van der Waals surface area contributed by atoms with Crippen LogP contribution in [0.5, 0.6) is 11.5 Å². The number of carbonyl (C=O) groups is 2. The van der Waals surface area contributed by atoms with E-state index in [1.807, 2.05) is 69.3 Å². The van der Waals surface area contributed by atoms with Gasteiger partial charge in [-0.25, -0.2) is 4.79 Å². The van der Waals surface area contributed by atoms with Crippen LogP contribution in [0, 0.1) is 5.92 Å². The standard InChI is InChI=1S/C25H31N3O4/c1-25(2,3)32-24(30)28-17-12-16(13-26-14-17)23(29)27-15-20-18-8-4-6-10-21(18)31-22-11-7-5-9-19(20)22/h4-11,16-17,20,26H,12-15H2,1-3H3,(H,27,29)(H,28,30)/t16-,17+/m0/s1. The van der Waals surface area contributed by atoms with Gasteiger partial charge in [-0.2, -0.15) is 0 Å². The fraction of sp³-hybridized carbons (Fsp3) is 0.440. The topological polar surface area (TPSA) is 88.7 Å². The number of ether oxygens (including phenoxy) is 2. The second-order valence-corrected chi connectivity index (χ2v) is 9.41. The van der Waals surface area contributed by atoms with Crippen LogP contribution in [0.25, 0.3) is 0 Å². The number of alkyl carbamates (subject to hydrolysis) is 1. The molecule has 2 aromatic rings. The summed E-state index contributed by atoms with van der Waals surface area (Å²) in [7, 11) is 0. The first-order valence-electron chi connectivity index (χ1n) is 11.1. The van der Waals surface area contributed by atoms with Crippen LogP contribution in [0.15, 0.2) is 48.5 Å². The number of carbonyl (C=O) groups excluding carboxylic acids is 2. The van der Waals surface area contributed by atoms with Gasteiger partial charge in [-0.1, -0.05) is 36.4 Å². The second kappa shape index (κ2) is 9.20. The largest absolute Gasteiger partial charge is 0.457 e. The summed E-state index contributed by atoms with van der Waals surface area (Å²) in [5.41, 5.74) is 1.58. The minimum absolute atomic E-state index is 0.0188. The molecule has 32 heavy (non-hydrogen) atoms. The van der Waals surface area contributed by atoms with Crippen LogP contribution in [-0.2, 0) is 9.53 Å². The summed E-state index contributed by atoms with van der Waals surface area (Å²) in [6.45, 7) is 7.16. The number of para-hydroxylation sites is 2. The van der Waals surface area contributed by atoms with Crippen LogP contribution in [-0.4, -0.2) is 43.3 Å². The number of hydrogen-bond acceptors (Lipinski definition) is 5. The summed E-state index contributed by atoms with van der Waals surface area (Å²) in [6.07, 6.45) is 0.111. The third-order valence-corrected chi connectivity index (χ3v) is 5.73. The van der Waals surface area contributed by atoms with E-state index < -0.39 is 11.7 Å². The highest BCUT2D eigenvalue weighted by molar-refractivity contribution is 5.79. The fourth-order valence-electron chi connectivity index (χ4n) is 4.30. The molecule has 2 amide bonds. The third-order valence-electron chi connectivity index (χ3n) is 5.73. The molecule has 0 unspecified atom stereocenters. The van der Waals surface area contributed by atoms with E-state index in [1.54, 1.807) is 0 Å². The summed E-state index contributed by atoms with van der Waals surface area (Å²) < 4.78 is 11.4. The molecule has 3 N–H and O–H groups in total. The lowest BCUT2D eigenvalue weighted by Gasteiger charge is -2.32. The maximum Gasteiger partial charge on any atom is 0.407 e. The number of rotatable bonds is 4. The predicted octanol–water partition coefficient (Wildman–Crippen LogP) is 3.54.